The topological polar surface area (TPSA) is 49.8 Å². The average molecular weight is 388 g/mol. The van der Waals surface area contributed by atoms with E-state index in [1.807, 2.05) is 42.1 Å². The van der Waals surface area contributed by atoms with E-state index in [1.165, 1.54) is 9.77 Å². The minimum Gasteiger partial charge on any atom is -0.449 e. The van der Waals surface area contributed by atoms with Gasteiger partial charge >= 0.3 is 6.16 Å². The minimum atomic E-state index is -1.27. The van der Waals surface area contributed by atoms with E-state index in [0.29, 0.717) is 5.76 Å². The van der Waals surface area contributed by atoms with Gasteiger partial charge in [0.15, 0.2) is 5.76 Å². The molecule has 136 valence electrons. The molecule has 1 N–H and O–H groups in total. The summed E-state index contributed by atoms with van der Waals surface area (Å²) in [6.07, 6.45) is 4.21. The minimum absolute atomic E-state index is 0.449. The lowest BCUT2D eigenvalue weighted by molar-refractivity contribution is 0.117. The van der Waals surface area contributed by atoms with Crippen LogP contribution in [0.4, 0.5) is 4.79 Å². The first-order chi connectivity index (χ1) is 12.7. The van der Waals surface area contributed by atoms with Crippen molar-refractivity contribution in [1.82, 2.24) is 4.90 Å². The Hall–Kier alpha value is -2.18. The van der Waals surface area contributed by atoms with E-state index in [2.05, 4.69) is 28.5 Å². The molecule has 0 aliphatic carbocycles. The fraction of sp³-hybridized carbons (Fsp3) is 0.250. The molecule has 0 unspecified atom stereocenters. The third kappa shape index (κ3) is 5.41. The van der Waals surface area contributed by atoms with Crippen LogP contribution in [0.25, 0.3) is 0 Å². The van der Waals surface area contributed by atoms with Gasteiger partial charge in [0.25, 0.3) is 0 Å². The molecule has 1 aromatic heterocycles. The zero-order valence-electron chi connectivity index (χ0n) is 14.3. The highest BCUT2D eigenvalue weighted by Gasteiger charge is 2.20. The molecule has 6 heteroatoms. The molecule has 4 nitrogen and oxygen atoms in total. The number of nitrogens with zero attached hydrogens (tertiary/aromatic N) is 1. The van der Waals surface area contributed by atoms with E-state index in [1.54, 1.807) is 17.4 Å². The summed E-state index contributed by atoms with van der Waals surface area (Å²) in [5.41, 5.74) is 0.969. The van der Waals surface area contributed by atoms with Crippen LogP contribution in [0.3, 0.4) is 0 Å². The van der Waals surface area contributed by atoms with Crippen molar-refractivity contribution in [2.24, 2.45) is 0 Å². The van der Waals surface area contributed by atoms with Gasteiger partial charge < -0.3 is 14.7 Å². The maximum absolute atomic E-state index is 11.0. The molecule has 0 fully saturated rings. The summed E-state index contributed by atoms with van der Waals surface area (Å²) in [6.45, 7) is 1.54. The molecule has 1 aliphatic heterocycles. The molecule has 26 heavy (non-hydrogen) atoms. The second-order valence-corrected chi connectivity index (χ2v) is 8.01. The van der Waals surface area contributed by atoms with Gasteiger partial charge in [-0.25, -0.2) is 4.79 Å². The fourth-order valence-corrected chi connectivity index (χ4v) is 4.41. The molecule has 0 saturated carbocycles. The zero-order valence-corrected chi connectivity index (χ0v) is 16.0. The van der Waals surface area contributed by atoms with Crippen molar-refractivity contribution in [2.75, 3.05) is 12.3 Å². The first-order valence-electron chi connectivity index (χ1n) is 8.48. The van der Waals surface area contributed by atoms with Crippen LogP contribution in [0.2, 0.25) is 0 Å². The van der Waals surface area contributed by atoms with E-state index in [9.17, 15) is 4.79 Å². The maximum Gasteiger partial charge on any atom is 0.511 e. The van der Waals surface area contributed by atoms with Gasteiger partial charge in [-0.15, -0.1) is 23.1 Å². The van der Waals surface area contributed by atoms with Crippen LogP contribution in [0, 0.1) is 0 Å². The molecule has 1 aliphatic rings. The van der Waals surface area contributed by atoms with Gasteiger partial charge in [-0.1, -0.05) is 30.3 Å². The quantitative estimate of drug-likeness (QED) is 0.363. The van der Waals surface area contributed by atoms with Crippen molar-refractivity contribution in [1.29, 1.82) is 0 Å². The van der Waals surface area contributed by atoms with Gasteiger partial charge in [-0.2, -0.15) is 0 Å². The molecule has 0 radical (unpaired) electrons. The first kappa shape index (κ1) is 18.6. The number of thioether (sulfide) groups is 1. The molecule has 0 atom stereocenters. The molecule has 1 aromatic carbocycles. The number of rotatable bonds is 8. The van der Waals surface area contributed by atoms with E-state index < -0.39 is 6.16 Å². The number of ether oxygens (including phenoxy) is 1. The lowest BCUT2D eigenvalue weighted by Gasteiger charge is -2.30. The normalized spacial score (nSPS) is 13.9. The molecule has 2 aromatic rings. The largest absolute Gasteiger partial charge is 0.511 e. The summed E-state index contributed by atoms with van der Waals surface area (Å²) in [6, 6.07) is 14.4. The Bertz CT molecular complexity index is 770. The van der Waals surface area contributed by atoms with Crippen molar-refractivity contribution in [2.45, 2.75) is 24.3 Å². The number of carboxylic acid groups (broad SMARTS) is 1. The third-order valence-corrected chi connectivity index (χ3v) is 5.91. The molecule has 3 rings (SSSR count). The Morgan fingerprint density at radius 3 is 2.81 bits per heavy atom. The number of allylic oxidation sites excluding steroid dienone is 2. The van der Waals surface area contributed by atoms with Gasteiger partial charge in [0.05, 0.1) is 12.2 Å². The van der Waals surface area contributed by atoms with E-state index in [0.717, 1.165) is 37.4 Å². The van der Waals surface area contributed by atoms with Crippen molar-refractivity contribution in [3.8, 4) is 0 Å². The van der Waals surface area contributed by atoms with Crippen LogP contribution in [0.15, 0.2) is 76.3 Å². The van der Waals surface area contributed by atoms with Gasteiger partial charge in [-0.3, -0.25) is 0 Å². The van der Waals surface area contributed by atoms with Crippen molar-refractivity contribution >= 4 is 29.3 Å². The maximum atomic E-state index is 11.0. The number of thiophene rings is 1. The lowest BCUT2D eigenvalue weighted by atomic mass is 10.1. The smallest absolute Gasteiger partial charge is 0.449 e. The van der Waals surface area contributed by atoms with Crippen LogP contribution in [0.1, 0.15) is 17.7 Å². The van der Waals surface area contributed by atoms with Gasteiger partial charge in [0, 0.05) is 16.3 Å². The molecular formula is C20H21NO3S2. The zero-order chi connectivity index (χ0) is 18.2. The van der Waals surface area contributed by atoms with Gasteiger partial charge in [-0.05, 0) is 48.2 Å². The number of hydrogen-bond acceptors (Lipinski definition) is 5. The first-order valence-corrected chi connectivity index (χ1v) is 10.3. The highest BCUT2D eigenvalue weighted by Crippen LogP contribution is 2.27. The van der Waals surface area contributed by atoms with E-state index >= 15 is 0 Å². The van der Waals surface area contributed by atoms with Crippen LogP contribution < -0.4 is 0 Å². The Balaban J connectivity index is 1.65. The van der Waals surface area contributed by atoms with E-state index in [4.69, 9.17) is 9.84 Å². The number of carbonyl (C=O) groups is 1. The van der Waals surface area contributed by atoms with E-state index in [-0.39, 0.29) is 0 Å². The summed E-state index contributed by atoms with van der Waals surface area (Å²) in [7, 11) is 0. The molecule has 0 bridgehead atoms. The van der Waals surface area contributed by atoms with Crippen molar-refractivity contribution < 1.29 is 14.6 Å². The summed E-state index contributed by atoms with van der Waals surface area (Å²) < 4.78 is 5.03. The van der Waals surface area contributed by atoms with Gasteiger partial charge in [0.1, 0.15) is 0 Å². The molecular weight excluding hydrogens is 366 g/mol. The predicted molar refractivity (Wildman–Crippen MR) is 106 cm³/mol. The molecule has 2 heterocycles. The summed E-state index contributed by atoms with van der Waals surface area (Å²) >= 11 is 3.53. The van der Waals surface area contributed by atoms with Gasteiger partial charge in [0.2, 0.25) is 0 Å². The Morgan fingerprint density at radius 2 is 2.08 bits per heavy atom. The standard InChI is InChI=1S/C20H21NO3S2/c22-20(23)24-19-11-4-12-21(15-17-9-5-13-26-17)18(19)10-6-14-25-16-7-2-1-3-8-16/h1-5,7-9,11,13H,6,10,12,14-15H2,(H,22,23). The van der Waals surface area contributed by atoms with Crippen LogP contribution in [-0.2, 0) is 11.3 Å². The number of benzene rings is 1. The predicted octanol–water partition coefficient (Wildman–Crippen LogP) is 5.60. The summed E-state index contributed by atoms with van der Waals surface area (Å²) in [5.74, 6) is 1.43. The number of hydrogen-bond donors (Lipinski definition) is 1. The summed E-state index contributed by atoms with van der Waals surface area (Å²) in [5, 5.41) is 11.1. The second-order valence-electron chi connectivity index (χ2n) is 5.81. The SMILES string of the molecule is O=C(O)OC1=C(CCCSc2ccccc2)N(Cc2cccs2)CC=C1. The Labute approximate surface area is 161 Å². The second kappa shape index (κ2) is 9.50. The summed E-state index contributed by atoms with van der Waals surface area (Å²) in [4.78, 5) is 15.8. The molecule has 0 spiro atoms. The van der Waals surface area contributed by atoms with Crippen LogP contribution in [0.5, 0.6) is 0 Å². The van der Waals surface area contributed by atoms with Crippen LogP contribution >= 0.6 is 23.1 Å². The van der Waals surface area contributed by atoms with Crippen molar-refractivity contribution in [3.63, 3.8) is 0 Å². The Morgan fingerprint density at radius 1 is 1.23 bits per heavy atom. The monoisotopic (exact) mass is 387 g/mol. The fourth-order valence-electron chi connectivity index (χ4n) is 2.81. The molecule has 0 saturated heterocycles. The van der Waals surface area contributed by atoms with Crippen molar-refractivity contribution in [3.05, 3.63) is 76.3 Å². The molecule has 0 amide bonds. The Kier molecular flexibility index (Phi) is 6.80. The third-order valence-electron chi connectivity index (χ3n) is 3.96. The lowest BCUT2D eigenvalue weighted by Crippen LogP contribution is -2.27. The average Bonchev–Trinajstić information content (AvgIpc) is 3.14. The highest BCUT2D eigenvalue weighted by atomic mass is 32.2. The highest BCUT2D eigenvalue weighted by molar-refractivity contribution is 7.99. The van der Waals surface area contributed by atoms with Crippen LogP contribution in [-0.4, -0.2) is 28.5 Å².